The molecule has 0 atom stereocenters. The summed E-state index contributed by atoms with van der Waals surface area (Å²) in [7, 11) is 0. The highest BCUT2D eigenvalue weighted by Crippen LogP contribution is 2.45. The van der Waals surface area contributed by atoms with Crippen LogP contribution in [-0.2, 0) is 0 Å². The summed E-state index contributed by atoms with van der Waals surface area (Å²) in [5.74, 6) is 2.54. The molecule has 2 heterocycles. The van der Waals surface area contributed by atoms with Gasteiger partial charge in [-0.15, -0.1) is 23.5 Å². The number of piperidine rings is 1. The third-order valence-corrected chi connectivity index (χ3v) is 7.54. The number of likely N-dealkylation sites (tertiary alicyclic amines) is 1. The van der Waals surface area contributed by atoms with Crippen LogP contribution in [0.5, 0.6) is 0 Å². The molecule has 22 heavy (non-hydrogen) atoms. The fraction of sp³-hybridized carbons (Fsp3) is 0.588. The van der Waals surface area contributed by atoms with Gasteiger partial charge in [0.05, 0.1) is 4.58 Å². The molecule has 2 aliphatic heterocycles. The Morgan fingerprint density at radius 1 is 1.18 bits per heavy atom. The van der Waals surface area contributed by atoms with Crippen molar-refractivity contribution >= 4 is 29.4 Å². The molecule has 1 aromatic rings. The molecule has 0 aromatic heterocycles. The lowest BCUT2D eigenvalue weighted by atomic mass is 10.0. The molecule has 3 nitrogen and oxygen atoms in total. The van der Waals surface area contributed by atoms with Crippen molar-refractivity contribution in [3.05, 3.63) is 35.4 Å². The van der Waals surface area contributed by atoms with Crippen LogP contribution in [0.2, 0.25) is 0 Å². The van der Waals surface area contributed by atoms with Crippen molar-refractivity contribution in [1.29, 1.82) is 0 Å². The summed E-state index contributed by atoms with van der Waals surface area (Å²) in [6.45, 7) is 5.49. The molecule has 0 bridgehead atoms. The second-order valence-corrected chi connectivity index (χ2v) is 8.60. The van der Waals surface area contributed by atoms with E-state index in [0.29, 0.717) is 10.6 Å². The van der Waals surface area contributed by atoms with Crippen LogP contribution in [0, 0.1) is 0 Å². The van der Waals surface area contributed by atoms with Crippen molar-refractivity contribution in [3.8, 4) is 0 Å². The molecule has 2 aliphatic rings. The van der Waals surface area contributed by atoms with Gasteiger partial charge in [0, 0.05) is 36.2 Å². The lowest BCUT2D eigenvalue weighted by Crippen LogP contribution is -2.44. The van der Waals surface area contributed by atoms with Gasteiger partial charge in [-0.25, -0.2) is 0 Å². The Kier molecular flexibility index (Phi) is 5.71. The Morgan fingerprint density at radius 3 is 2.41 bits per heavy atom. The summed E-state index contributed by atoms with van der Waals surface area (Å²) in [5, 5.41) is 3.19. The lowest BCUT2D eigenvalue weighted by Gasteiger charge is -2.31. The Bertz CT molecular complexity index is 492. The molecule has 2 fully saturated rings. The molecule has 5 heteroatoms. The number of benzene rings is 1. The number of amides is 1. The van der Waals surface area contributed by atoms with E-state index in [1.807, 2.05) is 35.7 Å². The maximum absolute atomic E-state index is 12.4. The summed E-state index contributed by atoms with van der Waals surface area (Å²) < 4.78 is 0.551. The van der Waals surface area contributed by atoms with Gasteiger partial charge in [-0.05, 0) is 37.1 Å². The summed E-state index contributed by atoms with van der Waals surface area (Å²) in [6.07, 6.45) is 2.13. The monoisotopic (exact) mass is 336 g/mol. The molecular formula is C17H24N2OS2. The fourth-order valence-electron chi connectivity index (χ4n) is 3.00. The molecule has 1 aromatic carbocycles. The molecule has 1 N–H and O–H groups in total. The first-order valence-electron chi connectivity index (χ1n) is 8.12. The van der Waals surface area contributed by atoms with Crippen LogP contribution in [0.4, 0.5) is 0 Å². The van der Waals surface area contributed by atoms with Crippen LogP contribution in [0.25, 0.3) is 0 Å². The lowest BCUT2D eigenvalue weighted by molar-refractivity contribution is 0.0912. The molecule has 2 saturated heterocycles. The Labute approximate surface area is 141 Å². The molecule has 0 saturated carbocycles. The Hall–Kier alpha value is -0.650. The van der Waals surface area contributed by atoms with E-state index >= 15 is 0 Å². The van der Waals surface area contributed by atoms with E-state index in [9.17, 15) is 4.79 Å². The average molecular weight is 337 g/mol. The van der Waals surface area contributed by atoms with Crippen LogP contribution in [-0.4, -0.2) is 48.0 Å². The van der Waals surface area contributed by atoms with Crippen LogP contribution >= 0.6 is 23.5 Å². The van der Waals surface area contributed by atoms with Gasteiger partial charge in [0.25, 0.3) is 5.91 Å². The highest BCUT2D eigenvalue weighted by atomic mass is 32.2. The Morgan fingerprint density at radius 2 is 1.82 bits per heavy atom. The molecule has 0 radical (unpaired) electrons. The largest absolute Gasteiger partial charge is 0.349 e. The van der Waals surface area contributed by atoms with Crippen LogP contribution in [0.3, 0.4) is 0 Å². The number of hydrogen-bond donors (Lipinski definition) is 1. The van der Waals surface area contributed by atoms with Gasteiger partial charge in [0.2, 0.25) is 0 Å². The minimum absolute atomic E-state index is 0.0771. The van der Waals surface area contributed by atoms with Crippen LogP contribution in [0.1, 0.15) is 40.3 Å². The first-order valence-corrected chi connectivity index (χ1v) is 10.2. The molecule has 0 aliphatic carbocycles. The first kappa shape index (κ1) is 16.2. The topological polar surface area (TPSA) is 32.3 Å². The quantitative estimate of drug-likeness (QED) is 0.913. The number of hydrogen-bond acceptors (Lipinski definition) is 4. The third kappa shape index (κ3) is 4.00. The van der Waals surface area contributed by atoms with Crippen LogP contribution < -0.4 is 5.32 Å². The zero-order chi connectivity index (χ0) is 15.4. The molecule has 0 unspecified atom stereocenters. The minimum atomic E-state index is 0.0771. The van der Waals surface area contributed by atoms with Crippen LogP contribution in [0.15, 0.2) is 24.3 Å². The van der Waals surface area contributed by atoms with Gasteiger partial charge in [0.15, 0.2) is 0 Å². The van der Waals surface area contributed by atoms with E-state index in [1.165, 1.54) is 17.1 Å². The second-order valence-electron chi connectivity index (χ2n) is 5.88. The van der Waals surface area contributed by atoms with E-state index in [0.717, 1.165) is 38.0 Å². The van der Waals surface area contributed by atoms with E-state index < -0.39 is 0 Å². The molecule has 120 valence electrons. The highest BCUT2D eigenvalue weighted by molar-refractivity contribution is 8.19. The number of thioether (sulfide) groups is 2. The van der Waals surface area contributed by atoms with Gasteiger partial charge >= 0.3 is 0 Å². The SMILES string of the molecule is CCN1CCC(NC(=O)c2ccc(C3SCCS3)cc2)CC1. The highest BCUT2D eigenvalue weighted by Gasteiger charge is 2.21. The number of carbonyl (C=O) groups is 1. The zero-order valence-electron chi connectivity index (χ0n) is 13.1. The number of carbonyl (C=O) groups excluding carboxylic acids is 1. The number of nitrogens with one attached hydrogen (secondary N) is 1. The van der Waals surface area contributed by atoms with Gasteiger partial charge in [-0.1, -0.05) is 19.1 Å². The van der Waals surface area contributed by atoms with Crippen molar-refractivity contribution in [2.45, 2.75) is 30.4 Å². The summed E-state index contributed by atoms with van der Waals surface area (Å²) in [6, 6.07) is 8.52. The first-order chi connectivity index (χ1) is 10.8. The van der Waals surface area contributed by atoms with Gasteiger partial charge < -0.3 is 10.2 Å². The zero-order valence-corrected chi connectivity index (χ0v) is 14.7. The molecule has 3 rings (SSSR count). The average Bonchev–Trinajstić information content (AvgIpc) is 3.10. The van der Waals surface area contributed by atoms with Gasteiger partial charge in [-0.3, -0.25) is 4.79 Å². The minimum Gasteiger partial charge on any atom is -0.349 e. The number of rotatable bonds is 4. The predicted molar refractivity (Wildman–Crippen MR) is 96.7 cm³/mol. The summed E-state index contributed by atoms with van der Waals surface area (Å²) in [4.78, 5) is 14.8. The third-order valence-electron chi connectivity index (χ3n) is 4.44. The van der Waals surface area contributed by atoms with Crippen molar-refractivity contribution in [2.75, 3.05) is 31.1 Å². The second kappa shape index (κ2) is 7.75. The molecule has 1 amide bonds. The summed E-state index contributed by atoms with van der Waals surface area (Å²) in [5.41, 5.74) is 2.12. The summed E-state index contributed by atoms with van der Waals surface area (Å²) >= 11 is 4.00. The van der Waals surface area contributed by atoms with E-state index in [-0.39, 0.29) is 5.91 Å². The Balaban J connectivity index is 1.54. The maximum atomic E-state index is 12.4. The van der Waals surface area contributed by atoms with Crippen molar-refractivity contribution in [1.82, 2.24) is 10.2 Å². The standard InChI is InChI=1S/C17H24N2OS2/c1-2-19-9-7-15(8-10-19)18-16(20)13-3-5-14(6-4-13)17-21-11-12-22-17/h3-6,15,17H,2,7-12H2,1H3,(H,18,20). The van der Waals surface area contributed by atoms with Crippen molar-refractivity contribution in [2.24, 2.45) is 0 Å². The van der Waals surface area contributed by atoms with Gasteiger partial charge in [-0.2, -0.15) is 0 Å². The smallest absolute Gasteiger partial charge is 0.251 e. The molecule has 0 spiro atoms. The maximum Gasteiger partial charge on any atom is 0.251 e. The van der Waals surface area contributed by atoms with E-state index in [4.69, 9.17) is 0 Å². The predicted octanol–water partition coefficient (Wildman–Crippen LogP) is 3.38. The van der Waals surface area contributed by atoms with Crippen molar-refractivity contribution < 1.29 is 4.79 Å². The van der Waals surface area contributed by atoms with Crippen molar-refractivity contribution in [3.63, 3.8) is 0 Å². The number of nitrogens with zero attached hydrogens (tertiary/aromatic N) is 1. The molecular weight excluding hydrogens is 312 g/mol. The fourth-order valence-corrected chi connectivity index (χ4v) is 5.86. The normalized spacial score (nSPS) is 21.1. The van der Waals surface area contributed by atoms with E-state index in [2.05, 4.69) is 29.3 Å². The van der Waals surface area contributed by atoms with E-state index in [1.54, 1.807) is 0 Å². The van der Waals surface area contributed by atoms with Gasteiger partial charge in [0.1, 0.15) is 0 Å².